The number of urea groups is 1. The zero-order valence-corrected chi connectivity index (χ0v) is 14.5. The standard InChI is InChI=1S/C16H24N6O3/c1-3-16(2)14(24)22(15(25)18-16)20-13(23)10-21-8-5-11(6-9-21)12-4-7-17-19-12/h4,7,11H,3,5-6,8-10H2,1-2H3,(H,17,19)(H,18,25)(H,20,23). The zero-order chi connectivity index (χ0) is 18.0. The first-order valence-electron chi connectivity index (χ1n) is 8.61. The molecule has 2 fully saturated rings. The van der Waals surface area contributed by atoms with Crippen molar-refractivity contribution < 1.29 is 14.4 Å². The van der Waals surface area contributed by atoms with Crippen LogP contribution in [-0.4, -0.2) is 63.1 Å². The van der Waals surface area contributed by atoms with E-state index in [1.165, 1.54) is 0 Å². The van der Waals surface area contributed by atoms with Gasteiger partial charge in [0.05, 0.1) is 6.54 Å². The van der Waals surface area contributed by atoms with Crippen molar-refractivity contribution in [2.45, 2.75) is 44.6 Å². The minimum absolute atomic E-state index is 0.162. The van der Waals surface area contributed by atoms with E-state index in [9.17, 15) is 14.4 Å². The normalized spacial score (nSPS) is 25.3. The summed E-state index contributed by atoms with van der Waals surface area (Å²) >= 11 is 0. The highest BCUT2D eigenvalue weighted by Gasteiger charge is 2.47. The first-order chi connectivity index (χ1) is 11.9. The molecule has 0 radical (unpaired) electrons. The molecule has 136 valence electrons. The Morgan fingerprint density at radius 1 is 1.40 bits per heavy atom. The molecule has 25 heavy (non-hydrogen) atoms. The molecule has 4 amide bonds. The van der Waals surface area contributed by atoms with E-state index in [0.29, 0.717) is 12.3 Å². The SMILES string of the molecule is CCC1(C)NC(=O)N(NC(=O)CN2CCC(c3ccn[nH]3)CC2)C1=O. The van der Waals surface area contributed by atoms with Gasteiger partial charge in [-0.1, -0.05) is 6.92 Å². The molecule has 3 N–H and O–H groups in total. The number of H-pyrrole nitrogens is 1. The van der Waals surface area contributed by atoms with E-state index < -0.39 is 17.5 Å². The van der Waals surface area contributed by atoms with Gasteiger partial charge in [-0.3, -0.25) is 25.0 Å². The lowest BCUT2D eigenvalue weighted by Gasteiger charge is -2.31. The third-order valence-corrected chi connectivity index (χ3v) is 5.12. The molecule has 2 aliphatic heterocycles. The minimum atomic E-state index is -0.952. The molecule has 9 heteroatoms. The largest absolute Gasteiger partial charge is 0.344 e. The number of hydrogen-bond donors (Lipinski definition) is 3. The highest BCUT2D eigenvalue weighted by atomic mass is 16.2. The van der Waals surface area contributed by atoms with Crippen molar-refractivity contribution in [3.63, 3.8) is 0 Å². The van der Waals surface area contributed by atoms with E-state index in [1.54, 1.807) is 13.1 Å². The van der Waals surface area contributed by atoms with Crippen LogP contribution in [0.3, 0.4) is 0 Å². The molecule has 3 heterocycles. The summed E-state index contributed by atoms with van der Waals surface area (Å²) in [7, 11) is 0. The van der Waals surface area contributed by atoms with Gasteiger partial charge < -0.3 is 5.32 Å². The molecule has 0 spiro atoms. The highest BCUT2D eigenvalue weighted by molar-refractivity contribution is 6.07. The van der Waals surface area contributed by atoms with Gasteiger partial charge in [0.2, 0.25) is 0 Å². The van der Waals surface area contributed by atoms with E-state index in [1.807, 2.05) is 17.9 Å². The van der Waals surface area contributed by atoms with Gasteiger partial charge in [0, 0.05) is 17.8 Å². The van der Waals surface area contributed by atoms with Gasteiger partial charge in [-0.05, 0) is 45.3 Å². The maximum absolute atomic E-state index is 12.3. The van der Waals surface area contributed by atoms with E-state index >= 15 is 0 Å². The number of aromatic nitrogens is 2. The number of carbonyl (C=O) groups excluding carboxylic acids is 3. The van der Waals surface area contributed by atoms with Crippen LogP contribution in [0.25, 0.3) is 0 Å². The number of carbonyl (C=O) groups is 3. The summed E-state index contributed by atoms with van der Waals surface area (Å²) in [5.74, 6) is -0.354. The van der Waals surface area contributed by atoms with Crippen LogP contribution in [0.15, 0.2) is 12.3 Å². The number of nitrogens with zero attached hydrogens (tertiary/aromatic N) is 3. The summed E-state index contributed by atoms with van der Waals surface area (Å²) < 4.78 is 0. The second-order valence-electron chi connectivity index (χ2n) is 6.85. The number of hydrazine groups is 1. The van der Waals surface area contributed by atoms with Gasteiger partial charge in [-0.2, -0.15) is 10.1 Å². The summed E-state index contributed by atoms with van der Waals surface area (Å²) in [6.07, 6.45) is 4.08. The number of hydrogen-bond acceptors (Lipinski definition) is 5. The Bertz CT molecular complexity index is 653. The molecule has 0 aromatic carbocycles. The molecule has 3 rings (SSSR count). The van der Waals surface area contributed by atoms with Crippen molar-refractivity contribution in [2.75, 3.05) is 19.6 Å². The second kappa shape index (κ2) is 6.83. The molecule has 0 bridgehead atoms. The van der Waals surface area contributed by atoms with Crippen LogP contribution < -0.4 is 10.7 Å². The van der Waals surface area contributed by atoms with Gasteiger partial charge in [0.15, 0.2) is 0 Å². The summed E-state index contributed by atoms with van der Waals surface area (Å²) in [6, 6.07) is 1.40. The highest BCUT2D eigenvalue weighted by Crippen LogP contribution is 2.26. The van der Waals surface area contributed by atoms with Gasteiger partial charge in [0.25, 0.3) is 11.8 Å². The van der Waals surface area contributed by atoms with E-state index in [-0.39, 0.29) is 12.5 Å². The smallest absolute Gasteiger partial charge is 0.322 e. The number of rotatable bonds is 5. The molecular weight excluding hydrogens is 324 g/mol. The van der Waals surface area contributed by atoms with Crippen LogP contribution in [0.2, 0.25) is 0 Å². The average molecular weight is 348 g/mol. The molecule has 0 saturated carbocycles. The number of nitrogens with one attached hydrogen (secondary N) is 3. The fraction of sp³-hybridized carbons (Fsp3) is 0.625. The van der Waals surface area contributed by atoms with Crippen LogP contribution in [0.1, 0.15) is 44.7 Å². The van der Waals surface area contributed by atoms with Crippen LogP contribution in [0, 0.1) is 0 Å². The Morgan fingerprint density at radius 2 is 2.12 bits per heavy atom. The number of imide groups is 1. The third-order valence-electron chi connectivity index (χ3n) is 5.12. The maximum Gasteiger partial charge on any atom is 0.344 e. The van der Waals surface area contributed by atoms with Crippen molar-refractivity contribution in [1.29, 1.82) is 0 Å². The summed E-state index contributed by atoms with van der Waals surface area (Å²) in [4.78, 5) is 38.4. The molecule has 1 atom stereocenters. The van der Waals surface area contributed by atoms with Gasteiger partial charge >= 0.3 is 6.03 Å². The molecule has 1 aromatic rings. The Balaban J connectivity index is 1.49. The van der Waals surface area contributed by atoms with Crippen molar-refractivity contribution in [3.8, 4) is 0 Å². The number of likely N-dealkylation sites (tertiary alicyclic amines) is 1. The Morgan fingerprint density at radius 3 is 2.68 bits per heavy atom. The van der Waals surface area contributed by atoms with E-state index in [4.69, 9.17) is 0 Å². The quantitative estimate of drug-likeness (QED) is 0.665. The first-order valence-corrected chi connectivity index (χ1v) is 8.61. The predicted molar refractivity (Wildman–Crippen MR) is 89.2 cm³/mol. The Kier molecular flexibility index (Phi) is 4.76. The monoisotopic (exact) mass is 348 g/mol. The molecule has 2 saturated heterocycles. The Labute approximate surface area is 146 Å². The number of piperidine rings is 1. The van der Waals surface area contributed by atoms with Crippen LogP contribution in [0.5, 0.6) is 0 Å². The Hall–Kier alpha value is -2.42. The van der Waals surface area contributed by atoms with Crippen molar-refractivity contribution in [1.82, 2.24) is 30.8 Å². The zero-order valence-electron chi connectivity index (χ0n) is 14.5. The number of aromatic amines is 1. The van der Waals surface area contributed by atoms with Crippen molar-refractivity contribution in [2.24, 2.45) is 0 Å². The fourth-order valence-electron chi connectivity index (χ4n) is 3.28. The van der Waals surface area contributed by atoms with Gasteiger partial charge in [-0.15, -0.1) is 0 Å². The third kappa shape index (κ3) is 3.51. The minimum Gasteiger partial charge on any atom is -0.322 e. The lowest BCUT2D eigenvalue weighted by molar-refractivity contribution is -0.139. The van der Waals surface area contributed by atoms with Gasteiger partial charge in [-0.25, -0.2) is 4.79 Å². The lowest BCUT2D eigenvalue weighted by Crippen LogP contribution is -2.51. The van der Waals surface area contributed by atoms with Crippen molar-refractivity contribution >= 4 is 17.8 Å². The lowest BCUT2D eigenvalue weighted by atomic mass is 9.94. The molecule has 0 aliphatic carbocycles. The molecule has 1 unspecified atom stereocenters. The van der Waals surface area contributed by atoms with Gasteiger partial charge in [0.1, 0.15) is 5.54 Å². The fourth-order valence-corrected chi connectivity index (χ4v) is 3.28. The van der Waals surface area contributed by atoms with E-state index in [2.05, 4.69) is 20.9 Å². The second-order valence-corrected chi connectivity index (χ2v) is 6.85. The van der Waals surface area contributed by atoms with Crippen molar-refractivity contribution in [3.05, 3.63) is 18.0 Å². The number of amides is 4. The van der Waals surface area contributed by atoms with Crippen LogP contribution >= 0.6 is 0 Å². The average Bonchev–Trinajstić information content (AvgIpc) is 3.20. The molecule has 2 aliphatic rings. The maximum atomic E-state index is 12.3. The molecule has 9 nitrogen and oxygen atoms in total. The summed E-state index contributed by atoms with van der Waals surface area (Å²) in [5.41, 5.74) is 2.60. The summed E-state index contributed by atoms with van der Waals surface area (Å²) in [5, 5.41) is 10.4. The topological polar surface area (TPSA) is 110 Å². The predicted octanol–water partition coefficient (Wildman–Crippen LogP) is 0.341. The van der Waals surface area contributed by atoms with Crippen LogP contribution in [0.4, 0.5) is 4.79 Å². The first kappa shape index (κ1) is 17.4. The summed E-state index contributed by atoms with van der Waals surface area (Å²) in [6.45, 7) is 5.19. The van der Waals surface area contributed by atoms with E-state index in [0.717, 1.165) is 36.6 Å². The molecular formula is C16H24N6O3. The van der Waals surface area contributed by atoms with Crippen LogP contribution in [-0.2, 0) is 9.59 Å². The molecule has 1 aromatic heterocycles.